The molecule has 3 heteroatoms. The van der Waals surface area contributed by atoms with Crippen molar-refractivity contribution < 1.29 is 4.79 Å². The van der Waals surface area contributed by atoms with Gasteiger partial charge >= 0.3 is 0 Å². The average molecular weight is 308 g/mol. The molecule has 18 heavy (non-hydrogen) atoms. The van der Waals surface area contributed by atoms with Gasteiger partial charge in [0.05, 0.1) is 11.6 Å². The first-order valence-corrected chi connectivity index (χ1v) is 7.64. The summed E-state index contributed by atoms with van der Waals surface area (Å²) in [6.07, 6.45) is 7.68. The van der Waals surface area contributed by atoms with Gasteiger partial charge in [-0.3, -0.25) is 4.79 Å². The Balaban J connectivity index is 1.73. The smallest absolute Gasteiger partial charge is 0.232 e. The first-order chi connectivity index (χ1) is 8.75. The van der Waals surface area contributed by atoms with Crippen molar-refractivity contribution in [1.29, 1.82) is 0 Å². The zero-order valence-electron chi connectivity index (χ0n) is 10.4. The van der Waals surface area contributed by atoms with Gasteiger partial charge in [-0.15, -0.1) is 0 Å². The quantitative estimate of drug-likeness (QED) is 0.878. The maximum Gasteiger partial charge on any atom is 0.232 e. The first-order valence-electron chi connectivity index (χ1n) is 6.85. The Morgan fingerprint density at radius 2 is 2.00 bits per heavy atom. The number of fused-ring (bicyclic) bond motifs is 1. The minimum absolute atomic E-state index is 0.0677. The Morgan fingerprint density at radius 3 is 2.78 bits per heavy atom. The highest BCUT2D eigenvalue weighted by Gasteiger charge is 2.32. The minimum atomic E-state index is 0.0677. The van der Waals surface area contributed by atoms with E-state index in [1.54, 1.807) is 0 Å². The van der Waals surface area contributed by atoms with Crippen LogP contribution < -0.4 is 5.32 Å². The summed E-state index contributed by atoms with van der Waals surface area (Å²) in [5.41, 5.74) is 2.16. The van der Waals surface area contributed by atoms with Crippen LogP contribution in [-0.4, -0.2) is 5.91 Å². The lowest BCUT2D eigenvalue weighted by Gasteiger charge is -2.12. The van der Waals surface area contributed by atoms with E-state index in [-0.39, 0.29) is 11.8 Å². The molecule has 1 amide bonds. The van der Waals surface area contributed by atoms with Crippen LogP contribution in [0.3, 0.4) is 0 Å². The Kier molecular flexibility index (Phi) is 3.42. The molecule has 1 saturated carbocycles. The van der Waals surface area contributed by atoms with Crippen LogP contribution in [0.1, 0.15) is 50.0 Å². The summed E-state index contributed by atoms with van der Waals surface area (Å²) in [4.78, 5) is 12.1. The molecule has 0 radical (unpaired) electrons. The summed E-state index contributed by atoms with van der Waals surface area (Å²) in [7, 11) is 0. The number of nitrogens with one attached hydrogen (secondary N) is 1. The minimum Gasteiger partial charge on any atom is -0.324 e. The standard InChI is InChI=1S/C15H18BrNO/c16-13-7-3-6-11-12(15(18)17-14(11)13)9-8-10-4-1-2-5-10/h3,6-7,10,12H,1-2,4-5,8-9H2,(H,17,18). The SMILES string of the molecule is O=C1Nc2c(Br)cccc2C1CCC1CCCC1. The largest absolute Gasteiger partial charge is 0.324 e. The molecule has 0 aromatic heterocycles. The predicted octanol–water partition coefficient (Wildman–Crippen LogP) is 4.46. The lowest BCUT2D eigenvalue weighted by molar-refractivity contribution is -0.117. The number of halogens is 1. The average Bonchev–Trinajstić information content (AvgIpc) is 2.95. The molecule has 0 spiro atoms. The van der Waals surface area contributed by atoms with Crippen LogP contribution in [0.2, 0.25) is 0 Å². The third-order valence-electron chi connectivity index (χ3n) is 4.32. The van der Waals surface area contributed by atoms with Crippen LogP contribution in [0.4, 0.5) is 5.69 Å². The topological polar surface area (TPSA) is 29.1 Å². The molecule has 0 saturated heterocycles. The van der Waals surface area contributed by atoms with E-state index in [2.05, 4.69) is 27.3 Å². The van der Waals surface area contributed by atoms with Crippen LogP contribution in [0.5, 0.6) is 0 Å². The highest BCUT2D eigenvalue weighted by atomic mass is 79.9. The van der Waals surface area contributed by atoms with Crippen molar-refractivity contribution in [1.82, 2.24) is 0 Å². The molecular formula is C15H18BrNO. The zero-order valence-corrected chi connectivity index (χ0v) is 12.0. The Morgan fingerprint density at radius 1 is 1.22 bits per heavy atom. The summed E-state index contributed by atoms with van der Waals surface area (Å²) in [5, 5.41) is 3.01. The van der Waals surface area contributed by atoms with Crippen LogP contribution in [0, 0.1) is 5.92 Å². The van der Waals surface area contributed by atoms with Gasteiger partial charge in [0.25, 0.3) is 0 Å². The van der Waals surface area contributed by atoms with E-state index in [4.69, 9.17) is 0 Å². The highest BCUT2D eigenvalue weighted by molar-refractivity contribution is 9.10. The fourth-order valence-corrected chi connectivity index (χ4v) is 3.78. The highest BCUT2D eigenvalue weighted by Crippen LogP contribution is 2.41. The van der Waals surface area contributed by atoms with Gasteiger partial charge in [-0.2, -0.15) is 0 Å². The number of benzene rings is 1. The Labute approximate surface area is 116 Å². The molecular weight excluding hydrogens is 290 g/mol. The first kappa shape index (κ1) is 12.2. The molecule has 1 heterocycles. The van der Waals surface area contributed by atoms with Crippen LogP contribution in [0.25, 0.3) is 0 Å². The molecule has 2 nitrogen and oxygen atoms in total. The van der Waals surface area contributed by atoms with E-state index in [1.807, 2.05) is 12.1 Å². The second-order valence-electron chi connectivity index (χ2n) is 5.47. The van der Waals surface area contributed by atoms with Gasteiger partial charge in [-0.05, 0) is 46.3 Å². The molecule has 1 N–H and O–H groups in total. The van der Waals surface area contributed by atoms with Crippen molar-refractivity contribution in [2.24, 2.45) is 5.92 Å². The number of anilines is 1. The Bertz CT molecular complexity index is 466. The summed E-state index contributed by atoms with van der Waals surface area (Å²) in [5.74, 6) is 1.10. The molecule has 1 atom stereocenters. The van der Waals surface area contributed by atoms with Gasteiger partial charge in [0.1, 0.15) is 0 Å². The lowest BCUT2D eigenvalue weighted by Crippen LogP contribution is -2.13. The molecule has 3 rings (SSSR count). The molecule has 96 valence electrons. The van der Waals surface area contributed by atoms with Crippen molar-refractivity contribution >= 4 is 27.5 Å². The van der Waals surface area contributed by atoms with Crippen molar-refractivity contribution in [3.63, 3.8) is 0 Å². The van der Waals surface area contributed by atoms with E-state index >= 15 is 0 Å². The van der Waals surface area contributed by atoms with Crippen LogP contribution >= 0.6 is 15.9 Å². The number of hydrogen-bond donors (Lipinski definition) is 1. The molecule has 1 aliphatic heterocycles. The molecule has 1 unspecified atom stereocenters. The van der Waals surface area contributed by atoms with E-state index < -0.39 is 0 Å². The normalized spacial score (nSPS) is 23.2. The number of amides is 1. The van der Waals surface area contributed by atoms with Gasteiger partial charge in [-0.25, -0.2) is 0 Å². The van der Waals surface area contributed by atoms with Gasteiger partial charge in [0, 0.05) is 4.47 Å². The fraction of sp³-hybridized carbons (Fsp3) is 0.533. The maximum atomic E-state index is 12.1. The number of hydrogen-bond acceptors (Lipinski definition) is 1. The molecule has 1 aliphatic carbocycles. The fourth-order valence-electron chi connectivity index (χ4n) is 3.30. The van der Waals surface area contributed by atoms with Gasteiger partial charge in [-0.1, -0.05) is 37.8 Å². The summed E-state index contributed by atoms with van der Waals surface area (Å²) in [6.45, 7) is 0. The van der Waals surface area contributed by atoms with E-state index in [0.29, 0.717) is 0 Å². The zero-order chi connectivity index (χ0) is 12.5. The monoisotopic (exact) mass is 307 g/mol. The third kappa shape index (κ3) is 2.20. The summed E-state index contributed by atoms with van der Waals surface area (Å²) in [6, 6.07) is 6.08. The lowest BCUT2D eigenvalue weighted by atomic mass is 9.91. The number of carbonyl (C=O) groups is 1. The van der Waals surface area contributed by atoms with Crippen molar-refractivity contribution in [3.05, 3.63) is 28.2 Å². The van der Waals surface area contributed by atoms with Gasteiger partial charge < -0.3 is 5.32 Å². The maximum absolute atomic E-state index is 12.1. The number of para-hydroxylation sites is 1. The third-order valence-corrected chi connectivity index (χ3v) is 4.99. The molecule has 2 aliphatic rings. The summed E-state index contributed by atoms with van der Waals surface area (Å²) >= 11 is 3.50. The Hall–Kier alpha value is -0.830. The second kappa shape index (κ2) is 5.04. The van der Waals surface area contributed by atoms with E-state index in [1.165, 1.54) is 37.7 Å². The molecule has 1 aromatic carbocycles. The molecule has 1 fully saturated rings. The van der Waals surface area contributed by atoms with Crippen molar-refractivity contribution in [2.45, 2.75) is 44.4 Å². The number of rotatable bonds is 3. The van der Waals surface area contributed by atoms with Crippen LogP contribution in [0.15, 0.2) is 22.7 Å². The van der Waals surface area contributed by atoms with Crippen LogP contribution in [-0.2, 0) is 4.79 Å². The van der Waals surface area contributed by atoms with Gasteiger partial charge in [0.2, 0.25) is 5.91 Å². The van der Waals surface area contributed by atoms with E-state index in [0.717, 1.165) is 22.5 Å². The summed E-state index contributed by atoms with van der Waals surface area (Å²) < 4.78 is 0.997. The van der Waals surface area contributed by atoms with Crippen molar-refractivity contribution in [3.8, 4) is 0 Å². The molecule has 0 bridgehead atoms. The number of carbonyl (C=O) groups excluding carboxylic acids is 1. The van der Waals surface area contributed by atoms with Crippen molar-refractivity contribution in [2.75, 3.05) is 5.32 Å². The van der Waals surface area contributed by atoms with E-state index in [9.17, 15) is 4.79 Å². The second-order valence-corrected chi connectivity index (χ2v) is 6.33. The predicted molar refractivity (Wildman–Crippen MR) is 76.7 cm³/mol. The van der Waals surface area contributed by atoms with Gasteiger partial charge in [0.15, 0.2) is 0 Å². The molecule has 1 aromatic rings.